The Kier molecular flexibility index (Phi) is 10.2. The van der Waals surface area contributed by atoms with Crippen LogP contribution in [-0.2, 0) is 9.59 Å². The Morgan fingerprint density at radius 3 is 2.53 bits per heavy atom. The third-order valence-electron chi connectivity index (χ3n) is 10.1. The van der Waals surface area contributed by atoms with E-state index in [9.17, 15) is 24.0 Å². The lowest BCUT2D eigenvalue weighted by Gasteiger charge is -2.35. The number of aromatic nitrogens is 4. The highest BCUT2D eigenvalue weighted by Gasteiger charge is 2.45. The van der Waals surface area contributed by atoms with Crippen molar-refractivity contribution in [2.24, 2.45) is 0 Å². The summed E-state index contributed by atoms with van der Waals surface area (Å²) in [6.45, 7) is 3.93. The number of benzene rings is 2. The van der Waals surface area contributed by atoms with Crippen molar-refractivity contribution in [2.75, 3.05) is 37.6 Å². The monoisotopic (exact) mass is 805 g/mol. The first-order chi connectivity index (χ1) is 27.6. The number of aromatic amines is 1. The number of anilines is 1. The quantitative estimate of drug-likeness (QED) is 0.153. The number of urea groups is 1. The van der Waals surface area contributed by atoms with Crippen molar-refractivity contribution in [1.29, 1.82) is 0 Å². The fourth-order valence-electron chi connectivity index (χ4n) is 7.20. The first-order valence-corrected chi connectivity index (χ1v) is 18.8. The van der Waals surface area contributed by atoms with Gasteiger partial charge in [-0.05, 0) is 55.8 Å². The second kappa shape index (κ2) is 15.6. The number of halogens is 2. The van der Waals surface area contributed by atoms with E-state index in [2.05, 4.69) is 42.6 Å². The van der Waals surface area contributed by atoms with Crippen LogP contribution < -0.4 is 20.3 Å². The van der Waals surface area contributed by atoms with Gasteiger partial charge in [0.1, 0.15) is 29.4 Å². The molecule has 0 saturated carbocycles. The van der Waals surface area contributed by atoms with Gasteiger partial charge in [0, 0.05) is 73.3 Å². The molecule has 8 rings (SSSR count). The summed E-state index contributed by atoms with van der Waals surface area (Å²) in [5.41, 5.74) is 3.58. The zero-order valence-electron chi connectivity index (χ0n) is 30.3. The van der Waals surface area contributed by atoms with Crippen LogP contribution in [-0.4, -0.2) is 98.4 Å². The Morgan fingerprint density at radius 2 is 1.79 bits per heavy atom. The first-order valence-electron chi connectivity index (χ1n) is 18.1. The predicted molar refractivity (Wildman–Crippen MR) is 210 cm³/mol. The van der Waals surface area contributed by atoms with Gasteiger partial charge in [0.05, 0.1) is 33.2 Å². The number of piperidine rings is 1. The van der Waals surface area contributed by atoms with Gasteiger partial charge in [0.25, 0.3) is 11.8 Å². The topological polar surface area (TPSA) is 183 Å². The van der Waals surface area contributed by atoms with E-state index >= 15 is 0 Å². The Bertz CT molecular complexity index is 2500. The van der Waals surface area contributed by atoms with Crippen LogP contribution in [0.2, 0.25) is 10.0 Å². The zero-order chi connectivity index (χ0) is 39.8. The molecule has 2 fully saturated rings. The number of ether oxygens (including phenoxy) is 1. The summed E-state index contributed by atoms with van der Waals surface area (Å²) in [5, 5.41) is 14.3. The second-order valence-corrected chi connectivity index (χ2v) is 14.4. The second-order valence-electron chi connectivity index (χ2n) is 13.6. The third kappa shape index (κ3) is 7.32. The summed E-state index contributed by atoms with van der Waals surface area (Å²) >= 11 is 12.7. The van der Waals surface area contributed by atoms with Crippen LogP contribution in [0.1, 0.15) is 57.7 Å². The molecule has 17 heteroatoms. The third-order valence-corrected chi connectivity index (χ3v) is 10.7. The summed E-state index contributed by atoms with van der Waals surface area (Å²) < 4.78 is 6.21. The number of rotatable bonds is 7. The summed E-state index contributed by atoms with van der Waals surface area (Å²) in [7, 11) is 0. The Morgan fingerprint density at radius 1 is 1.00 bits per heavy atom. The van der Waals surface area contributed by atoms with E-state index in [4.69, 9.17) is 32.9 Å². The Balaban J connectivity index is 0.853. The van der Waals surface area contributed by atoms with Crippen LogP contribution in [0.15, 0.2) is 67.1 Å². The number of nitrogens with one attached hydrogen (secondary N) is 3. The normalized spacial score (nSPS) is 17.2. The summed E-state index contributed by atoms with van der Waals surface area (Å²) in [4.78, 5) is 76.8. The molecule has 6 heterocycles. The maximum atomic E-state index is 13.3. The average molecular weight is 807 g/mol. The van der Waals surface area contributed by atoms with E-state index in [1.807, 2.05) is 37.3 Å². The number of carbonyl (C=O) groups is 5. The van der Waals surface area contributed by atoms with Gasteiger partial charge in [-0.2, -0.15) is 5.10 Å². The van der Waals surface area contributed by atoms with Gasteiger partial charge >= 0.3 is 6.03 Å². The van der Waals surface area contributed by atoms with E-state index in [-0.39, 0.29) is 36.5 Å². The molecule has 5 aromatic rings. The SMILES string of the molecule is C[C@@H](Oc1ccc2[nH]nc(-c3ccc(N4CCN(C(=O)NCC#Cc5cccc6c5C(=O)N(C5CCC(=O)NC5=O)C6=O)CC4)nc3)c2c1)c1c(Cl)cncc1Cl. The molecule has 0 radical (unpaired) electrons. The molecule has 57 heavy (non-hydrogen) atoms. The first kappa shape index (κ1) is 37.4. The molecular weight excluding hydrogens is 773 g/mol. The molecule has 15 nitrogen and oxygen atoms in total. The molecule has 2 saturated heterocycles. The maximum Gasteiger partial charge on any atom is 0.318 e. The van der Waals surface area contributed by atoms with E-state index in [1.165, 1.54) is 18.5 Å². The van der Waals surface area contributed by atoms with Gasteiger partial charge in [0.2, 0.25) is 11.8 Å². The number of amides is 6. The molecule has 1 unspecified atom stereocenters. The molecule has 3 aromatic heterocycles. The number of pyridine rings is 2. The zero-order valence-corrected chi connectivity index (χ0v) is 31.9. The Labute approximate surface area is 335 Å². The van der Waals surface area contributed by atoms with Gasteiger partial charge < -0.3 is 19.9 Å². The molecule has 2 atom stereocenters. The Hall–Kier alpha value is -6.50. The predicted octanol–water partition coefficient (Wildman–Crippen LogP) is 4.75. The number of hydrogen-bond acceptors (Lipinski definition) is 10. The smallest absolute Gasteiger partial charge is 0.318 e. The fraction of sp³-hybridized carbons (Fsp3) is 0.250. The highest BCUT2D eigenvalue weighted by Crippen LogP contribution is 2.35. The minimum atomic E-state index is -1.07. The van der Waals surface area contributed by atoms with Crippen molar-refractivity contribution in [2.45, 2.75) is 31.9 Å². The number of hydrogen-bond donors (Lipinski definition) is 3. The summed E-state index contributed by atoms with van der Waals surface area (Å²) in [6, 6.07) is 12.9. The molecule has 288 valence electrons. The average Bonchev–Trinajstić information content (AvgIpc) is 3.74. The lowest BCUT2D eigenvalue weighted by Crippen LogP contribution is -2.54. The molecule has 3 aliphatic heterocycles. The number of nitrogens with zero attached hydrogens (tertiary/aromatic N) is 6. The van der Waals surface area contributed by atoms with Gasteiger partial charge in [-0.15, -0.1) is 0 Å². The maximum absolute atomic E-state index is 13.3. The van der Waals surface area contributed by atoms with Crippen molar-refractivity contribution in [3.63, 3.8) is 0 Å². The van der Waals surface area contributed by atoms with Gasteiger partial charge in [-0.3, -0.25) is 39.5 Å². The molecule has 0 spiro atoms. The minimum absolute atomic E-state index is 0.00663. The van der Waals surface area contributed by atoms with Crippen molar-refractivity contribution in [3.8, 4) is 28.8 Å². The number of carbonyl (C=O) groups excluding carboxylic acids is 5. The molecular formula is C40H33Cl2N9O6. The number of fused-ring (bicyclic) bond motifs is 2. The molecule has 6 amide bonds. The van der Waals surface area contributed by atoms with Crippen molar-refractivity contribution < 1.29 is 28.7 Å². The molecule has 0 bridgehead atoms. The van der Waals surface area contributed by atoms with Crippen LogP contribution >= 0.6 is 23.2 Å². The van der Waals surface area contributed by atoms with Crippen LogP contribution in [0.5, 0.6) is 5.75 Å². The number of H-pyrrole nitrogens is 1. The molecule has 0 aliphatic carbocycles. The summed E-state index contributed by atoms with van der Waals surface area (Å²) in [6.07, 6.45) is 4.50. The van der Waals surface area contributed by atoms with Crippen molar-refractivity contribution in [3.05, 3.63) is 99.4 Å². The van der Waals surface area contributed by atoms with Crippen LogP contribution in [0.25, 0.3) is 22.2 Å². The van der Waals surface area contributed by atoms with E-state index in [1.54, 1.807) is 23.2 Å². The molecule has 3 aliphatic rings. The van der Waals surface area contributed by atoms with Crippen LogP contribution in [0.3, 0.4) is 0 Å². The largest absolute Gasteiger partial charge is 0.486 e. The van der Waals surface area contributed by atoms with E-state index in [0.29, 0.717) is 53.1 Å². The highest BCUT2D eigenvalue weighted by atomic mass is 35.5. The van der Waals surface area contributed by atoms with Crippen LogP contribution in [0, 0.1) is 11.8 Å². The molecule has 2 aromatic carbocycles. The van der Waals surface area contributed by atoms with Gasteiger partial charge in [0.15, 0.2) is 0 Å². The lowest BCUT2D eigenvalue weighted by atomic mass is 10.0. The van der Waals surface area contributed by atoms with Crippen molar-refractivity contribution >= 4 is 69.6 Å². The van der Waals surface area contributed by atoms with E-state index < -0.39 is 35.8 Å². The van der Waals surface area contributed by atoms with Gasteiger partial charge in [-0.1, -0.05) is 41.1 Å². The standard InChI is InChI=1S/C40H33Cl2N9O6/c1-22(34-28(41)20-43-21-29(34)42)57-25-8-9-30-27(18-25)36(48-47-30)24-7-11-32(45-19-24)49-14-16-50(17-15-49)40(56)44-13-3-5-23-4-2-6-26-35(23)39(55)51(38(26)54)31-10-12-33(52)46-37(31)53/h2,4,6-9,11,18-22,31H,10,12-17H2,1H3,(H,44,56)(H,47,48)(H,46,52,53)/t22-,31?/m1/s1. The lowest BCUT2D eigenvalue weighted by molar-refractivity contribution is -0.136. The van der Waals surface area contributed by atoms with Crippen molar-refractivity contribution in [1.82, 2.24) is 40.6 Å². The van der Waals surface area contributed by atoms with Gasteiger partial charge in [-0.25, -0.2) is 9.78 Å². The number of imide groups is 2. The highest BCUT2D eigenvalue weighted by molar-refractivity contribution is 6.35. The number of piperazine rings is 1. The molecule has 3 N–H and O–H groups in total. The van der Waals surface area contributed by atoms with E-state index in [0.717, 1.165) is 32.9 Å². The fourth-order valence-corrected chi connectivity index (χ4v) is 7.87. The minimum Gasteiger partial charge on any atom is -0.486 e. The summed E-state index contributed by atoms with van der Waals surface area (Å²) in [5.74, 6) is 4.78. The van der Waals surface area contributed by atoms with Crippen LogP contribution in [0.4, 0.5) is 10.6 Å².